The van der Waals surface area contributed by atoms with Gasteiger partial charge in [-0.25, -0.2) is 4.79 Å². The number of cyclic esters (lactones) is 1. The van der Waals surface area contributed by atoms with Crippen LogP contribution in [0, 0.1) is 29.1 Å². The fraction of sp³-hybridized carbons (Fsp3) is 0.579. The molecule has 382 valence electrons. The SMILES string of the molecule is CN=C(N)NC(CC(C)=CCC12OC13C(=O)OCC1CC4C(=CC1NCC1CCCCC1)C=CCC4CCCCC(C)(CC1=CNC(N)C=C1)Cc1cccc(c1C3=O)C2=O)C1=CCNC(NCNC)=C1. The van der Waals surface area contributed by atoms with Gasteiger partial charge in [0, 0.05) is 49.3 Å². The molecule has 1 saturated heterocycles. The minimum Gasteiger partial charge on any atom is -0.463 e. The lowest BCUT2D eigenvalue weighted by Crippen LogP contribution is -2.52. The molecule has 9 atom stereocenters. The summed E-state index contributed by atoms with van der Waals surface area (Å²) in [7, 11) is 3.52. The third-order valence-corrected chi connectivity index (χ3v) is 16.9. The average Bonchev–Trinajstić information content (AvgIpc) is 4.09. The molecule has 2 fully saturated rings. The number of nitrogens with one attached hydrogen (secondary N) is 6. The van der Waals surface area contributed by atoms with Crippen LogP contribution in [0.15, 0.2) is 106 Å². The van der Waals surface area contributed by atoms with Crippen LogP contribution < -0.4 is 43.4 Å². The second-order valence-electron chi connectivity index (χ2n) is 22.1. The highest BCUT2D eigenvalue weighted by atomic mass is 16.7. The maximum Gasteiger partial charge on any atom is 0.350 e. The molecule has 4 bridgehead atoms. The van der Waals surface area contributed by atoms with Crippen LogP contribution in [-0.4, -0.2) is 93.4 Å². The van der Waals surface area contributed by atoms with Gasteiger partial charge in [0.05, 0.1) is 25.5 Å². The first-order valence-corrected chi connectivity index (χ1v) is 26.6. The Morgan fingerprint density at radius 2 is 1.89 bits per heavy atom. The zero-order valence-corrected chi connectivity index (χ0v) is 42.5. The lowest BCUT2D eigenvalue weighted by atomic mass is 9.67. The average molecular weight is 970 g/mol. The van der Waals surface area contributed by atoms with E-state index in [-0.39, 0.29) is 54.0 Å². The number of nitrogens with zero attached hydrogens (tertiary/aromatic N) is 1. The van der Waals surface area contributed by atoms with E-state index in [1.165, 1.54) is 37.7 Å². The number of dihydropyridines is 2. The van der Waals surface area contributed by atoms with Crippen molar-refractivity contribution in [2.45, 2.75) is 140 Å². The highest BCUT2D eigenvalue weighted by Crippen LogP contribution is 2.59. The van der Waals surface area contributed by atoms with E-state index >= 15 is 14.4 Å². The lowest BCUT2D eigenvalue weighted by molar-refractivity contribution is -0.150. The standard InChI is InChI=1S/C57H79N9O5/c1-36(26-47(66-54(59)61-4)41-22-25-62-49(29-41)65-35-60-3)21-24-56-51(67)44-18-11-17-42-31-55(2,30-38-19-20-48(58)64-33-38)23-9-8-14-39-15-10-16-40-28-46(63-32-37-12-6-5-7-13-37)43(27-45(39)40)34-70-53(69)57(56,71-56)52(68)50(42)44/h10-11,16-22,28-29,33,37,39,43,45-48,60,62-65H,5-9,12-15,23-27,30-32,34-35,58H2,1-4H3,(H3,59,61,66). The number of benzene rings is 1. The number of aliphatic imine (C=N–C) groups is 1. The van der Waals surface area contributed by atoms with Gasteiger partial charge < -0.3 is 52.8 Å². The Bertz CT molecular complexity index is 2450. The summed E-state index contributed by atoms with van der Waals surface area (Å²) in [5, 5.41) is 20.4. The zero-order valence-electron chi connectivity index (χ0n) is 42.5. The lowest BCUT2D eigenvalue weighted by Gasteiger charge is -2.41. The van der Waals surface area contributed by atoms with Gasteiger partial charge in [-0.05, 0) is 136 Å². The Balaban J connectivity index is 1.06. The minimum atomic E-state index is -2.12. The van der Waals surface area contributed by atoms with Crippen LogP contribution in [0.2, 0.25) is 0 Å². The largest absolute Gasteiger partial charge is 0.463 e. The zero-order chi connectivity index (χ0) is 49.8. The first kappa shape index (κ1) is 50.7. The summed E-state index contributed by atoms with van der Waals surface area (Å²) in [5.41, 5.74) is 14.1. The molecule has 14 heteroatoms. The van der Waals surface area contributed by atoms with Gasteiger partial charge in [0.15, 0.2) is 17.3 Å². The van der Waals surface area contributed by atoms with E-state index in [9.17, 15) is 0 Å². The second kappa shape index (κ2) is 21.8. The maximum absolute atomic E-state index is 15.7. The number of rotatable bonds is 14. The van der Waals surface area contributed by atoms with Gasteiger partial charge in [0.2, 0.25) is 5.78 Å². The van der Waals surface area contributed by atoms with Crippen molar-refractivity contribution in [2.75, 3.05) is 40.5 Å². The van der Waals surface area contributed by atoms with Crippen molar-refractivity contribution >= 4 is 23.5 Å². The van der Waals surface area contributed by atoms with E-state index in [0.717, 1.165) is 79.6 Å². The van der Waals surface area contributed by atoms with Gasteiger partial charge in [-0.15, -0.1) is 0 Å². The molecule has 9 rings (SSSR count). The van der Waals surface area contributed by atoms with E-state index < -0.39 is 23.0 Å². The van der Waals surface area contributed by atoms with Crippen LogP contribution in [0.4, 0.5) is 0 Å². The molecule has 0 radical (unpaired) electrons. The number of hydrogen-bond acceptors (Lipinski definition) is 12. The van der Waals surface area contributed by atoms with E-state index in [1.807, 2.05) is 50.5 Å². The Hall–Kier alpha value is -5.28. The molecule has 1 saturated carbocycles. The van der Waals surface area contributed by atoms with Crippen molar-refractivity contribution < 1.29 is 23.9 Å². The summed E-state index contributed by atoms with van der Waals surface area (Å²) >= 11 is 0. The summed E-state index contributed by atoms with van der Waals surface area (Å²) in [5.74, 6) is 1.01. The van der Waals surface area contributed by atoms with Crippen molar-refractivity contribution in [3.8, 4) is 0 Å². The molecule has 8 aliphatic rings. The number of Topliss-reactive ketones (excluding diaryl/α,β-unsaturated/α-hetero) is 2. The van der Waals surface area contributed by atoms with Crippen molar-refractivity contribution in [1.82, 2.24) is 31.9 Å². The number of carbonyl (C=O) groups is 3. The molecule has 9 unspecified atom stereocenters. The van der Waals surface area contributed by atoms with Crippen LogP contribution >= 0.6 is 0 Å². The molecule has 4 aliphatic heterocycles. The summed E-state index contributed by atoms with van der Waals surface area (Å²) in [6.07, 6.45) is 33.2. The van der Waals surface area contributed by atoms with E-state index in [4.69, 9.17) is 20.9 Å². The number of allylic oxidation sites excluding steroid dienone is 5. The number of guanidine groups is 1. The quantitative estimate of drug-likeness (QED) is 0.0193. The normalized spacial score (nSPS) is 32.6. The predicted octanol–water partition coefficient (Wildman–Crippen LogP) is 6.40. The van der Waals surface area contributed by atoms with Crippen LogP contribution in [0.25, 0.3) is 0 Å². The molecule has 10 N–H and O–H groups in total. The Morgan fingerprint density at radius 1 is 1.06 bits per heavy atom. The van der Waals surface area contributed by atoms with E-state index in [0.29, 0.717) is 55.3 Å². The van der Waals surface area contributed by atoms with Gasteiger partial charge in [0.1, 0.15) is 5.82 Å². The number of carbonyl (C=O) groups excluding carboxylic acids is 3. The topological polar surface area (TPSA) is 210 Å². The molecule has 1 aromatic rings. The molecular formula is C57H79N9O5. The number of fused-ring (bicyclic) bond motifs is 1. The number of nitrogens with two attached hydrogens (primary N) is 2. The molecule has 0 aromatic heterocycles. The Labute approximate surface area is 421 Å². The van der Waals surface area contributed by atoms with Crippen molar-refractivity contribution in [1.29, 1.82) is 0 Å². The van der Waals surface area contributed by atoms with Gasteiger partial charge in [-0.1, -0.05) is 99.3 Å². The first-order chi connectivity index (χ1) is 34.3. The van der Waals surface area contributed by atoms with E-state index in [2.05, 4.69) is 74.2 Å². The summed E-state index contributed by atoms with van der Waals surface area (Å²) in [6, 6.07) is 5.32. The predicted molar refractivity (Wildman–Crippen MR) is 280 cm³/mol. The number of hydrogen-bond donors (Lipinski definition) is 8. The summed E-state index contributed by atoms with van der Waals surface area (Å²) in [4.78, 5) is 50.4. The third kappa shape index (κ3) is 10.8. The number of epoxide rings is 1. The van der Waals surface area contributed by atoms with Crippen molar-refractivity contribution in [2.24, 2.45) is 45.5 Å². The minimum absolute atomic E-state index is 0.00625. The second-order valence-corrected chi connectivity index (χ2v) is 22.1. The number of ketones is 2. The van der Waals surface area contributed by atoms with Gasteiger partial charge in [0.25, 0.3) is 5.60 Å². The molecule has 14 nitrogen and oxygen atoms in total. The molecule has 4 aliphatic carbocycles. The molecule has 71 heavy (non-hydrogen) atoms. The molecule has 1 aromatic carbocycles. The smallest absolute Gasteiger partial charge is 0.350 e. The number of esters is 1. The summed E-state index contributed by atoms with van der Waals surface area (Å²) < 4.78 is 13.1. The molecule has 4 heterocycles. The van der Waals surface area contributed by atoms with Gasteiger partial charge >= 0.3 is 5.97 Å². The van der Waals surface area contributed by atoms with Crippen LogP contribution in [0.1, 0.15) is 130 Å². The van der Waals surface area contributed by atoms with Crippen LogP contribution in [-0.2, 0) is 20.7 Å². The molecular weight excluding hydrogens is 891 g/mol. The highest BCUT2D eigenvalue weighted by molar-refractivity contribution is 6.33. The third-order valence-electron chi connectivity index (χ3n) is 16.9. The van der Waals surface area contributed by atoms with Gasteiger partial charge in [-0.2, -0.15) is 0 Å². The van der Waals surface area contributed by atoms with Gasteiger partial charge in [-0.3, -0.25) is 14.6 Å². The monoisotopic (exact) mass is 970 g/mol. The van der Waals surface area contributed by atoms with Crippen LogP contribution in [0.3, 0.4) is 0 Å². The number of ether oxygens (including phenoxy) is 2. The highest BCUT2D eigenvalue weighted by Gasteiger charge is 2.85. The fourth-order valence-electron chi connectivity index (χ4n) is 12.9. The van der Waals surface area contributed by atoms with Crippen LogP contribution in [0.5, 0.6) is 0 Å². The molecule has 1 spiro atoms. The Kier molecular flexibility index (Phi) is 15.6. The maximum atomic E-state index is 15.7. The summed E-state index contributed by atoms with van der Waals surface area (Å²) in [6.45, 7) is 6.54. The van der Waals surface area contributed by atoms with Crippen molar-refractivity contribution in [3.63, 3.8) is 0 Å². The Morgan fingerprint density at radius 3 is 2.68 bits per heavy atom. The van der Waals surface area contributed by atoms with Crippen molar-refractivity contribution in [3.05, 3.63) is 118 Å². The first-order valence-electron chi connectivity index (χ1n) is 26.6. The molecule has 0 amide bonds. The van der Waals surface area contributed by atoms with E-state index in [1.54, 1.807) is 13.1 Å². The fourth-order valence-corrected chi connectivity index (χ4v) is 12.9.